The van der Waals surface area contributed by atoms with Crippen molar-refractivity contribution in [2.24, 2.45) is 11.7 Å². The molecule has 1 aromatic carbocycles. The number of amides is 1. The molecule has 1 heterocycles. The molecule has 3 rings (SSSR count). The van der Waals surface area contributed by atoms with Gasteiger partial charge in [-0.2, -0.15) is 4.98 Å². The summed E-state index contributed by atoms with van der Waals surface area (Å²) in [6.07, 6.45) is 8.10. The number of nitrogens with one attached hydrogen (secondary N) is 4. The highest BCUT2D eigenvalue weighted by molar-refractivity contribution is 5.94. The highest BCUT2D eigenvalue weighted by Crippen LogP contribution is 2.26. The van der Waals surface area contributed by atoms with Crippen molar-refractivity contribution in [1.82, 2.24) is 15.3 Å². The molecule has 0 unspecified atom stereocenters. The van der Waals surface area contributed by atoms with E-state index in [9.17, 15) is 4.79 Å². The van der Waals surface area contributed by atoms with E-state index in [0.717, 1.165) is 12.1 Å². The number of hydrogen-bond acceptors (Lipinski definition) is 9. The standard InChI is InChI=1S/C22H32N6O3.C2H6.CH5N/c1-31-28-19-15-26-22(27-20(19)24-13-16-6-3-2-4-7-16)25-14-17-8-5-9-18(12-17)21(30)23-10-11-29;2*1-2/h5,8-9,12,15-16,28-29H,2-4,6-7,10-11,13-14H2,1H3,(H,23,30)(H2,24,25,26,27);1-2H3;2H2,1H3. The zero-order valence-corrected chi connectivity index (χ0v) is 21.6. The van der Waals surface area contributed by atoms with E-state index in [1.807, 2.05) is 32.0 Å². The fourth-order valence-electron chi connectivity index (χ4n) is 3.69. The summed E-state index contributed by atoms with van der Waals surface area (Å²) in [4.78, 5) is 26.1. The molecular formula is C25H43N7O3. The van der Waals surface area contributed by atoms with Crippen LogP contribution >= 0.6 is 0 Å². The third kappa shape index (κ3) is 10.9. The van der Waals surface area contributed by atoms with E-state index in [1.165, 1.54) is 39.2 Å². The van der Waals surface area contributed by atoms with E-state index in [4.69, 9.17) is 9.94 Å². The molecule has 1 amide bonds. The molecule has 2 aromatic rings. The summed E-state index contributed by atoms with van der Waals surface area (Å²) >= 11 is 0. The Morgan fingerprint density at radius 1 is 1.17 bits per heavy atom. The SMILES string of the molecule is CC.CN.CONc1cnc(NCc2cccc(C(=O)NCCO)c2)nc1NCC1CCCCC1. The van der Waals surface area contributed by atoms with Crippen LogP contribution in [0, 0.1) is 5.92 Å². The molecule has 1 aliphatic rings. The summed E-state index contributed by atoms with van der Waals surface area (Å²) in [5.74, 6) is 1.64. The second kappa shape index (κ2) is 18.4. The van der Waals surface area contributed by atoms with Crippen molar-refractivity contribution in [3.05, 3.63) is 41.6 Å². The number of carbonyl (C=O) groups is 1. The largest absolute Gasteiger partial charge is 0.395 e. The van der Waals surface area contributed by atoms with E-state index < -0.39 is 0 Å². The molecule has 0 radical (unpaired) electrons. The van der Waals surface area contributed by atoms with Crippen molar-refractivity contribution in [2.45, 2.75) is 52.5 Å². The summed E-state index contributed by atoms with van der Waals surface area (Å²) in [5, 5.41) is 18.2. The van der Waals surface area contributed by atoms with Gasteiger partial charge >= 0.3 is 0 Å². The number of benzene rings is 1. The Morgan fingerprint density at radius 3 is 2.60 bits per heavy atom. The molecule has 0 saturated heterocycles. The lowest BCUT2D eigenvalue weighted by molar-refractivity contribution is 0.0944. The highest BCUT2D eigenvalue weighted by atomic mass is 16.6. The van der Waals surface area contributed by atoms with Gasteiger partial charge < -0.3 is 26.8 Å². The van der Waals surface area contributed by atoms with Crippen molar-refractivity contribution >= 4 is 23.4 Å². The van der Waals surface area contributed by atoms with Gasteiger partial charge in [0.1, 0.15) is 5.69 Å². The number of hydrogen-bond donors (Lipinski definition) is 6. The summed E-state index contributed by atoms with van der Waals surface area (Å²) in [5.41, 5.74) is 9.48. The second-order valence-corrected chi connectivity index (χ2v) is 7.68. The Kier molecular flexibility index (Phi) is 15.8. The van der Waals surface area contributed by atoms with Crippen molar-refractivity contribution in [2.75, 3.05) is 50.0 Å². The first-order chi connectivity index (χ1) is 17.2. The van der Waals surface area contributed by atoms with Crippen LogP contribution in [0.15, 0.2) is 30.5 Å². The van der Waals surface area contributed by atoms with Gasteiger partial charge in [0.05, 0.1) is 19.9 Å². The first-order valence-corrected chi connectivity index (χ1v) is 12.4. The van der Waals surface area contributed by atoms with E-state index in [-0.39, 0.29) is 19.1 Å². The lowest BCUT2D eigenvalue weighted by atomic mass is 9.89. The molecule has 0 bridgehead atoms. The molecule has 10 nitrogen and oxygen atoms in total. The van der Waals surface area contributed by atoms with Crippen LogP contribution in [0.4, 0.5) is 17.5 Å². The predicted molar refractivity (Wildman–Crippen MR) is 142 cm³/mol. The first kappa shape index (κ1) is 30.1. The monoisotopic (exact) mass is 489 g/mol. The molecule has 0 spiro atoms. The number of nitrogens with zero attached hydrogens (tertiary/aromatic N) is 2. The molecule has 0 aliphatic heterocycles. The summed E-state index contributed by atoms with van der Waals surface area (Å²) < 4.78 is 0. The summed E-state index contributed by atoms with van der Waals surface area (Å²) in [7, 11) is 3.06. The highest BCUT2D eigenvalue weighted by Gasteiger charge is 2.15. The number of nitrogens with two attached hydrogens (primary N) is 1. The van der Waals surface area contributed by atoms with Crippen LogP contribution in [0.5, 0.6) is 0 Å². The molecule has 1 fully saturated rings. The Bertz CT molecular complexity index is 846. The van der Waals surface area contributed by atoms with E-state index in [1.54, 1.807) is 19.4 Å². The number of aromatic nitrogens is 2. The maximum Gasteiger partial charge on any atom is 0.251 e. The lowest BCUT2D eigenvalue weighted by Crippen LogP contribution is -2.26. The van der Waals surface area contributed by atoms with Gasteiger partial charge in [-0.25, -0.2) is 4.98 Å². The van der Waals surface area contributed by atoms with Gasteiger partial charge in [0.15, 0.2) is 5.82 Å². The van der Waals surface area contributed by atoms with Gasteiger partial charge in [-0.05, 0) is 43.5 Å². The molecule has 0 atom stereocenters. The van der Waals surface area contributed by atoms with Crippen molar-refractivity contribution in [3.8, 4) is 0 Å². The van der Waals surface area contributed by atoms with Crippen molar-refractivity contribution < 1.29 is 14.7 Å². The van der Waals surface area contributed by atoms with Gasteiger partial charge in [-0.15, -0.1) is 0 Å². The molecule has 196 valence electrons. The minimum Gasteiger partial charge on any atom is -0.395 e. The van der Waals surface area contributed by atoms with Crippen LogP contribution in [0.2, 0.25) is 0 Å². The molecule has 35 heavy (non-hydrogen) atoms. The van der Waals surface area contributed by atoms with Crippen LogP contribution in [0.3, 0.4) is 0 Å². The van der Waals surface area contributed by atoms with Crippen LogP contribution in [0.25, 0.3) is 0 Å². The van der Waals surface area contributed by atoms with Crippen molar-refractivity contribution in [3.63, 3.8) is 0 Å². The Balaban J connectivity index is 0.00000145. The maximum atomic E-state index is 12.1. The molecular weight excluding hydrogens is 446 g/mol. The molecule has 1 aromatic heterocycles. The second-order valence-electron chi connectivity index (χ2n) is 7.68. The van der Waals surface area contributed by atoms with Gasteiger partial charge in [-0.1, -0.05) is 45.2 Å². The predicted octanol–water partition coefficient (Wildman–Crippen LogP) is 3.38. The Morgan fingerprint density at radius 2 is 1.91 bits per heavy atom. The smallest absolute Gasteiger partial charge is 0.251 e. The quantitative estimate of drug-likeness (QED) is 0.261. The van der Waals surface area contributed by atoms with Crippen LogP contribution in [-0.2, 0) is 11.4 Å². The Hall–Kier alpha value is -2.95. The fourth-order valence-corrected chi connectivity index (χ4v) is 3.69. The molecule has 10 heteroatoms. The average Bonchev–Trinajstić information content (AvgIpc) is 2.93. The van der Waals surface area contributed by atoms with E-state index in [0.29, 0.717) is 35.5 Å². The Labute approximate surface area is 209 Å². The lowest BCUT2D eigenvalue weighted by Gasteiger charge is -2.22. The first-order valence-electron chi connectivity index (χ1n) is 12.4. The third-order valence-electron chi connectivity index (χ3n) is 5.32. The number of anilines is 3. The van der Waals surface area contributed by atoms with E-state index in [2.05, 4.69) is 37.1 Å². The van der Waals surface area contributed by atoms with E-state index >= 15 is 0 Å². The van der Waals surface area contributed by atoms with Gasteiger partial charge in [0.2, 0.25) is 5.95 Å². The minimum atomic E-state index is -0.212. The zero-order valence-electron chi connectivity index (χ0n) is 21.6. The average molecular weight is 490 g/mol. The fraction of sp³-hybridized carbons (Fsp3) is 0.560. The maximum absolute atomic E-state index is 12.1. The van der Waals surface area contributed by atoms with Gasteiger partial charge in [-0.3, -0.25) is 15.1 Å². The molecule has 7 N–H and O–H groups in total. The van der Waals surface area contributed by atoms with Gasteiger partial charge in [0, 0.05) is 25.2 Å². The normalized spacial score (nSPS) is 12.9. The third-order valence-corrected chi connectivity index (χ3v) is 5.32. The number of aliphatic hydroxyl groups is 1. The zero-order chi connectivity index (χ0) is 25.9. The van der Waals surface area contributed by atoms with Crippen LogP contribution in [-0.4, -0.2) is 54.8 Å². The number of carbonyl (C=O) groups excluding carboxylic acids is 1. The van der Waals surface area contributed by atoms with Crippen molar-refractivity contribution in [1.29, 1.82) is 0 Å². The summed E-state index contributed by atoms with van der Waals surface area (Å²) in [6.45, 7) is 5.49. The van der Waals surface area contributed by atoms with Crippen LogP contribution < -0.4 is 27.2 Å². The number of rotatable bonds is 11. The van der Waals surface area contributed by atoms with Gasteiger partial charge in [0.25, 0.3) is 5.91 Å². The topological polar surface area (TPSA) is 146 Å². The minimum absolute atomic E-state index is 0.0879. The summed E-state index contributed by atoms with van der Waals surface area (Å²) in [6, 6.07) is 7.31. The molecule has 1 aliphatic carbocycles. The number of aliphatic hydroxyl groups excluding tert-OH is 1. The van der Waals surface area contributed by atoms with Crippen LogP contribution in [0.1, 0.15) is 61.9 Å². The molecule has 1 saturated carbocycles.